The number of methoxy groups -OCH3 is 1. The van der Waals surface area contributed by atoms with Gasteiger partial charge in [0.2, 0.25) is 21.7 Å². The highest BCUT2D eigenvalue weighted by molar-refractivity contribution is 7.91. The fourth-order valence-corrected chi connectivity index (χ4v) is 4.78. The number of hydrogen-bond acceptors (Lipinski definition) is 7. The van der Waals surface area contributed by atoms with E-state index in [0.29, 0.717) is 11.4 Å². The van der Waals surface area contributed by atoms with Crippen molar-refractivity contribution in [3.63, 3.8) is 0 Å². The van der Waals surface area contributed by atoms with Gasteiger partial charge in [-0.2, -0.15) is 9.67 Å². The summed E-state index contributed by atoms with van der Waals surface area (Å²) in [6.45, 7) is 0. The van der Waals surface area contributed by atoms with E-state index in [1.165, 1.54) is 48.2 Å². The number of benzene rings is 2. The van der Waals surface area contributed by atoms with Crippen LogP contribution in [-0.2, 0) is 9.84 Å². The highest BCUT2D eigenvalue weighted by Gasteiger charge is 2.25. The first kappa shape index (κ1) is 18.3. The largest absolute Gasteiger partial charge is 0.497 e. The van der Waals surface area contributed by atoms with Gasteiger partial charge in [-0.25, -0.2) is 8.42 Å². The Kier molecular flexibility index (Phi) is 4.70. The zero-order valence-electron chi connectivity index (χ0n) is 13.3. The van der Waals surface area contributed by atoms with Crippen molar-refractivity contribution in [2.45, 2.75) is 9.79 Å². The summed E-state index contributed by atoms with van der Waals surface area (Å²) in [6, 6.07) is 8.61. The number of sulfone groups is 1. The van der Waals surface area contributed by atoms with Gasteiger partial charge in [0.1, 0.15) is 10.6 Å². The Morgan fingerprint density at radius 2 is 1.65 bits per heavy atom. The van der Waals surface area contributed by atoms with Gasteiger partial charge in [-0.15, -0.1) is 5.10 Å². The summed E-state index contributed by atoms with van der Waals surface area (Å²) < 4.78 is 32.0. The number of halogens is 2. The highest BCUT2D eigenvalue weighted by Crippen LogP contribution is 2.36. The van der Waals surface area contributed by atoms with E-state index in [1.807, 2.05) is 0 Å². The Labute approximate surface area is 159 Å². The van der Waals surface area contributed by atoms with Crippen LogP contribution in [0.25, 0.3) is 5.69 Å². The lowest BCUT2D eigenvalue weighted by Crippen LogP contribution is -2.07. The predicted octanol–water partition coefficient (Wildman–Crippen LogP) is 2.58. The van der Waals surface area contributed by atoms with Crippen LogP contribution < -0.4 is 16.2 Å². The molecule has 8 nitrogen and oxygen atoms in total. The smallest absolute Gasteiger partial charge is 0.241 e. The van der Waals surface area contributed by atoms with Gasteiger partial charge in [-0.1, -0.05) is 23.2 Å². The zero-order valence-corrected chi connectivity index (χ0v) is 15.7. The van der Waals surface area contributed by atoms with Crippen molar-refractivity contribution in [2.24, 2.45) is 0 Å². The highest BCUT2D eigenvalue weighted by atomic mass is 35.5. The summed E-state index contributed by atoms with van der Waals surface area (Å²) >= 11 is 12.4. The molecule has 3 aromatic rings. The summed E-state index contributed by atoms with van der Waals surface area (Å²) in [5.41, 5.74) is 11.5. The standard InChI is InChI=1S/C15H13Cl2N5O3S/c1-25-9-2-4-10(5-3-9)26(23,24)13-11(16)6-8(7-12(13)17)22-15(19)20-14(18)21-22/h2-7H,1H3,(H4,18,19,20,21). The number of nitrogens with zero attached hydrogens (tertiary/aromatic N) is 3. The van der Waals surface area contributed by atoms with E-state index in [-0.39, 0.29) is 31.7 Å². The molecule has 136 valence electrons. The SMILES string of the molecule is COc1ccc(S(=O)(=O)c2c(Cl)cc(-n3nc(N)nc3N)cc2Cl)cc1. The molecular weight excluding hydrogens is 401 g/mol. The third-order valence-electron chi connectivity index (χ3n) is 3.51. The second-order valence-electron chi connectivity index (χ2n) is 5.16. The third-order valence-corrected chi connectivity index (χ3v) is 6.20. The van der Waals surface area contributed by atoms with Crippen molar-refractivity contribution >= 4 is 44.9 Å². The number of nitrogen functional groups attached to an aromatic ring is 2. The number of nitrogens with two attached hydrogens (primary N) is 2. The van der Waals surface area contributed by atoms with Crippen molar-refractivity contribution < 1.29 is 13.2 Å². The van der Waals surface area contributed by atoms with Crippen LogP contribution in [0.5, 0.6) is 5.75 Å². The maximum Gasteiger partial charge on any atom is 0.241 e. The van der Waals surface area contributed by atoms with Gasteiger partial charge in [0, 0.05) is 0 Å². The molecule has 0 atom stereocenters. The maximum atomic E-state index is 12.9. The number of hydrogen-bond donors (Lipinski definition) is 2. The molecule has 0 saturated carbocycles. The lowest BCUT2D eigenvalue weighted by molar-refractivity contribution is 0.414. The van der Waals surface area contributed by atoms with Crippen LogP contribution in [0.4, 0.5) is 11.9 Å². The van der Waals surface area contributed by atoms with Gasteiger partial charge in [0.15, 0.2) is 0 Å². The quantitative estimate of drug-likeness (QED) is 0.672. The second kappa shape index (κ2) is 6.67. The molecule has 1 heterocycles. The van der Waals surface area contributed by atoms with Crippen LogP contribution in [0.3, 0.4) is 0 Å². The molecule has 0 bridgehead atoms. The van der Waals surface area contributed by atoms with Gasteiger partial charge in [0.05, 0.1) is 27.7 Å². The van der Waals surface area contributed by atoms with Gasteiger partial charge < -0.3 is 16.2 Å². The fraction of sp³-hybridized carbons (Fsp3) is 0.0667. The van der Waals surface area contributed by atoms with Gasteiger partial charge in [0.25, 0.3) is 0 Å². The molecule has 26 heavy (non-hydrogen) atoms. The molecule has 11 heteroatoms. The van der Waals surface area contributed by atoms with E-state index in [0.717, 1.165) is 0 Å². The molecule has 0 unspecified atom stereocenters. The van der Waals surface area contributed by atoms with E-state index in [9.17, 15) is 8.42 Å². The molecule has 3 rings (SSSR count). The Balaban J connectivity index is 2.12. The van der Waals surface area contributed by atoms with Gasteiger partial charge in [-0.05, 0) is 36.4 Å². The zero-order chi connectivity index (χ0) is 19.1. The minimum absolute atomic E-state index is 0.0143. The number of anilines is 2. The third kappa shape index (κ3) is 3.16. The van der Waals surface area contributed by atoms with Crippen LogP contribution in [0.15, 0.2) is 46.2 Å². The Morgan fingerprint density at radius 1 is 1.08 bits per heavy atom. The Bertz CT molecular complexity index is 1060. The molecule has 0 aliphatic carbocycles. The van der Waals surface area contributed by atoms with E-state index in [2.05, 4.69) is 10.1 Å². The van der Waals surface area contributed by atoms with Crippen molar-refractivity contribution in [3.05, 3.63) is 46.4 Å². The van der Waals surface area contributed by atoms with Gasteiger partial charge in [-0.3, -0.25) is 0 Å². The van der Waals surface area contributed by atoms with Crippen LogP contribution in [0.2, 0.25) is 10.0 Å². The predicted molar refractivity (Wildman–Crippen MR) is 98.6 cm³/mol. The van der Waals surface area contributed by atoms with Crippen LogP contribution >= 0.6 is 23.2 Å². The molecule has 2 aromatic carbocycles. The van der Waals surface area contributed by atoms with Gasteiger partial charge >= 0.3 is 0 Å². The summed E-state index contributed by atoms with van der Waals surface area (Å²) in [5, 5.41) is 3.74. The molecule has 0 fully saturated rings. The molecule has 0 amide bonds. The first-order valence-corrected chi connectivity index (χ1v) is 9.34. The number of aromatic nitrogens is 3. The average molecular weight is 414 g/mol. The Hall–Kier alpha value is -2.49. The molecule has 1 aromatic heterocycles. The van der Waals surface area contributed by atoms with E-state index in [1.54, 1.807) is 0 Å². The molecule has 4 N–H and O–H groups in total. The number of rotatable bonds is 4. The lowest BCUT2D eigenvalue weighted by atomic mass is 10.3. The minimum atomic E-state index is -3.95. The summed E-state index contributed by atoms with van der Waals surface area (Å²) in [7, 11) is -2.47. The average Bonchev–Trinajstić information content (AvgIpc) is 2.92. The molecule has 0 aliphatic rings. The first-order valence-electron chi connectivity index (χ1n) is 7.10. The van der Waals surface area contributed by atoms with Crippen molar-refractivity contribution in [3.8, 4) is 11.4 Å². The molecule has 0 saturated heterocycles. The van der Waals surface area contributed by atoms with Crippen molar-refractivity contribution in [2.75, 3.05) is 18.6 Å². The lowest BCUT2D eigenvalue weighted by Gasteiger charge is -2.12. The molecule has 0 radical (unpaired) electrons. The molecule has 0 aliphatic heterocycles. The second-order valence-corrected chi connectivity index (χ2v) is 7.86. The van der Waals surface area contributed by atoms with Crippen molar-refractivity contribution in [1.82, 2.24) is 14.8 Å². The number of ether oxygens (including phenoxy) is 1. The molecule has 0 spiro atoms. The monoisotopic (exact) mass is 413 g/mol. The minimum Gasteiger partial charge on any atom is -0.497 e. The van der Waals surface area contributed by atoms with E-state index < -0.39 is 9.84 Å². The van der Waals surface area contributed by atoms with E-state index in [4.69, 9.17) is 39.4 Å². The topological polar surface area (TPSA) is 126 Å². The normalized spacial score (nSPS) is 11.5. The Morgan fingerprint density at radius 3 is 2.12 bits per heavy atom. The van der Waals surface area contributed by atoms with Crippen LogP contribution in [-0.4, -0.2) is 30.3 Å². The van der Waals surface area contributed by atoms with Crippen molar-refractivity contribution in [1.29, 1.82) is 0 Å². The summed E-state index contributed by atoms with van der Waals surface area (Å²) in [4.78, 5) is 3.58. The van der Waals surface area contributed by atoms with E-state index >= 15 is 0 Å². The molecular formula is C15H13Cl2N5O3S. The summed E-state index contributed by atoms with van der Waals surface area (Å²) in [6.07, 6.45) is 0. The van der Waals surface area contributed by atoms with Crippen LogP contribution in [0, 0.1) is 0 Å². The fourth-order valence-electron chi connectivity index (χ4n) is 2.33. The maximum absolute atomic E-state index is 12.9. The summed E-state index contributed by atoms with van der Waals surface area (Å²) in [5.74, 6) is 0.501. The first-order chi connectivity index (χ1) is 12.2. The van der Waals surface area contributed by atoms with Crippen LogP contribution in [0.1, 0.15) is 0 Å².